The number of rotatable bonds is 7. The largest absolute Gasteiger partial charge is 0.368 e. The highest BCUT2D eigenvalue weighted by atomic mass is 19.1. The molecule has 0 saturated carbocycles. The van der Waals surface area contributed by atoms with Crippen LogP contribution in [0.15, 0.2) is 48.5 Å². The maximum Gasteiger partial charge on any atom is 0.318 e. The van der Waals surface area contributed by atoms with Gasteiger partial charge in [0, 0.05) is 55.2 Å². The molecule has 2 aromatic rings. The molecule has 8 nitrogen and oxygen atoms in total. The zero-order chi connectivity index (χ0) is 25.5. The third-order valence-electron chi connectivity index (χ3n) is 5.76. The highest BCUT2D eigenvalue weighted by Gasteiger charge is 2.23. The van der Waals surface area contributed by atoms with Crippen molar-refractivity contribution in [3.63, 3.8) is 0 Å². The Labute approximate surface area is 206 Å². The van der Waals surface area contributed by atoms with E-state index in [1.54, 1.807) is 17.0 Å². The van der Waals surface area contributed by atoms with Crippen LogP contribution < -0.4 is 15.5 Å². The minimum atomic E-state index is -0.419. The molecule has 1 heterocycles. The molecular weight excluding hydrogens is 449 g/mol. The van der Waals surface area contributed by atoms with E-state index < -0.39 is 5.82 Å². The predicted octanol–water partition coefficient (Wildman–Crippen LogP) is 3.56. The van der Waals surface area contributed by atoms with Gasteiger partial charge in [0.25, 0.3) is 5.91 Å². The van der Waals surface area contributed by atoms with E-state index in [9.17, 15) is 18.8 Å². The minimum Gasteiger partial charge on any atom is -0.368 e. The first-order chi connectivity index (χ1) is 16.6. The van der Waals surface area contributed by atoms with E-state index >= 15 is 0 Å². The molecule has 0 spiro atoms. The number of benzene rings is 2. The number of carbonyl (C=O) groups excluding carboxylic acids is 3. The maximum absolute atomic E-state index is 13.4. The van der Waals surface area contributed by atoms with Crippen LogP contribution in [0.1, 0.15) is 38.1 Å². The summed E-state index contributed by atoms with van der Waals surface area (Å²) in [5, 5.41) is 5.67. The Kier molecular flexibility index (Phi) is 8.68. The first kappa shape index (κ1) is 26.0. The fraction of sp³-hybridized carbons (Fsp3) is 0.423. The van der Waals surface area contributed by atoms with Gasteiger partial charge in [-0.1, -0.05) is 6.07 Å². The molecule has 2 N–H and O–H groups in total. The fourth-order valence-electron chi connectivity index (χ4n) is 3.90. The summed E-state index contributed by atoms with van der Waals surface area (Å²) in [6, 6.07) is 12.9. The zero-order valence-corrected chi connectivity index (χ0v) is 20.8. The van der Waals surface area contributed by atoms with E-state index in [2.05, 4.69) is 15.5 Å². The molecule has 0 bridgehead atoms. The van der Waals surface area contributed by atoms with Crippen LogP contribution in [0.2, 0.25) is 0 Å². The van der Waals surface area contributed by atoms with Crippen molar-refractivity contribution in [2.24, 2.45) is 0 Å². The molecule has 1 aliphatic heterocycles. The number of nitrogens with one attached hydrogen (secondary N) is 2. The van der Waals surface area contributed by atoms with Crippen LogP contribution in [0, 0.1) is 5.82 Å². The standard InChI is InChI=1S/C26H34FN5O3/c1-18(2)28-26(35)32(19(3)4)17-24(33)29-22-8-10-23(11-9-22)30-12-14-31(15-13-30)25(34)20-6-5-7-21(27)16-20/h5-11,16,18-19H,12-15,17H2,1-4H3,(H,28,35)(H,29,33). The summed E-state index contributed by atoms with van der Waals surface area (Å²) in [6.45, 7) is 9.83. The smallest absolute Gasteiger partial charge is 0.318 e. The molecule has 1 saturated heterocycles. The van der Waals surface area contributed by atoms with Gasteiger partial charge in [0.15, 0.2) is 0 Å². The lowest BCUT2D eigenvalue weighted by Crippen LogP contribution is -2.49. The van der Waals surface area contributed by atoms with Crippen LogP contribution >= 0.6 is 0 Å². The molecule has 0 aliphatic carbocycles. The average Bonchev–Trinajstić information content (AvgIpc) is 2.82. The van der Waals surface area contributed by atoms with Crippen molar-refractivity contribution in [2.75, 3.05) is 42.9 Å². The molecule has 1 aliphatic rings. The Hall–Kier alpha value is -3.62. The van der Waals surface area contributed by atoms with Crippen LogP contribution in [0.5, 0.6) is 0 Å². The van der Waals surface area contributed by atoms with E-state index in [1.165, 1.54) is 17.0 Å². The Morgan fingerprint density at radius 2 is 1.63 bits per heavy atom. The molecular formula is C26H34FN5O3. The molecule has 4 amide bonds. The Balaban J connectivity index is 1.52. The van der Waals surface area contributed by atoms with Crippen molar-refractivity contribution < 1.29 is 18.8 Å². The van der Waals surface area contributed by atoms with Gasteiger partial charge >= 0.3 is 6.03 Å². The first-order valence-corrected chi connectivity index (χ1v) is 11.9. The number of piperazine rings is 1. The molecule has 188 valence electrons. The van der Waals surface area contributed by atoms with Crippen molar-refractivity contribution in [3.8, 4) is 0 Å². The third-order valence-corrected chi connectivity index (χ3v) is 5.76. The molecule has 0 atom stereocenters. The first-order valence-electron chi connectivity index (χ1n) is 11.9. The number of carbonyl (C=O) groups is 3. The molecule has 3 rings (SSSR count). The van der Waals surface area contributed by atoms with E-state index in [-0.39, 0.29) is 36.5 Å². The lowest BCUT2D eigenvalue weighted by atomic mass is 10.1. The summed E-state index contributed by atoms with van der Waals surface area (Å²) < 4.78 is 13.4. The number of anilines is 2. The van der Waals surface area contributed by atoms with E-state index in [0.717, 1.165) is 5.69 Å². The Morgan fingerprint density at radius 3 is 2.20 bits per heavy atom. The number of amides is 4. The number of hydrogen-bond donors (Lipinski definition) is 2. The van der Waals surface area contributed by atoms with Crippen LogP contribution in [-0.4, -0.2) is 72.5 Å². The number of hydrogen-bond acceptors (Lipinski definition) is 4. The van der Waals surface area contributed by atoms with E-state index in [4.69, 9.17) is 0 Å². The van der Waals surface area contributed by atoms with Crippen LogP contribution in [0.25, 0.3) is 0 Å². The lowest BCUT2D eigenvalue weighted by Gasteiger charge is -2.36. The predicted molar refractivity (Wildman–Crippen MR) is 135 cm³/mol. The second-order valence-corrected chi connectivity index (χ2v) is 9.21. The molecule has 9 heteroatoms. The lowest BCUT2D eigenvalue weighted by molar-refractivity contribution is -0.117. The van der Waals surface area contributed by atoms with Gasteiger partial charge < -0.3 is 25.3 Å². The van der Waals surface area contributed by atoms with E-state index in [0.29, 0.717) is 37.4 Å². The molecule has 0 aromatic heterocycles. The summed E-state index contributed by atoms with van der Waals surface area (Å²) in [4.78, 5) is 42.9. The van der Waals surface area contributed by atoms with E-state index in [1.807, 2.05) is 52.0 Å². The summed E-state index contributed by atoms with van der Waals surface area (Å²) in [7, 11) is 0. The summed E-state index contributed by atoms with van der Waals surface area (Å²) >= 11 is 0. The van der Waals surface area contributed by atoms with Crippen LogP contribution in [0.4, 0.5) is 20.6 Å². The van der Waals surface area contributed by atoms with Crippen molar-refractivity contribution >= 4 is 29.2 Å². The van der Waals surface area contributed by atoms with Gasteiger partial charge in [0.1, 0.15) is 12.4 Å². The van der Waals surface area contributed by atoms with Crippen LogP contribution in [-0.2, 0) is 4.79 Å². The minimum absolute atomic E-state index is 0.0133. The zero-order valence-electron chi connectivity index (χ0n) is 20.8. The highest BCUT2D eigenvalue weighted by Crippen LogP contribution is 2.20. The van der Waals surface area contributed by atoms with Crippen molar-refractivity contribution in [1.82, 2.24) is 15.1 Å². The quantitative estimate of drug-likeness (QED) is 0.631. The van der Waals surface area contributed by atoms with Gasteiger partial charge in [-0.3, -0.25) is 9.59 Å². The highest BCUT2D eigenvalue weighted by molar-refractivity contribution is 5.95. The third kappa shape index (κ3) is 7.18. The summed E-state index contributed by atoms with van der Waals surface area (Å²) in [5.74, 6) is -0.855. The molecule has 0 radical (unpaired) electrons. The summed E-state index contributed by atoms with van der Waals surface area (Å²) in [5.41, 5.74) is 1.99. The van der Waals surface area contributed by atoms with Gasteiger partial charge in [0.05, 0.1) is 0 Å². The molecule has 2 aromatic carbocycles. The molecule has 0 unspecified atom stereocenters. The maximum atomic E-state index is 13.4. The van der Waals surface area contributed by atoms with Gasteiger partial charge in [0.2, 0.25) is 5.91 Å². The van der Waals surface area contributed by atoms with Crippen molar-refractivity contribution in [3.05, 3.63) is 59.9 Å². The molecule has 35 heavy (non-hydrogen) atoms. The number of urea groups is 1. The van der Waals surface area contributed by atoms with Gasteiger partial charge in [-0.15, -0.1) is 0 Å². The normalized spacial score (nSPS) is 13.7. The SMILES string of the molecule is CC(C)NC(=O)N(CC(=O)Nc1ccc(N2CCN(C(=O)c3cccc(F)c3)CC2)cc1)C(C)C. The van der Waals surface area contributed by atoms with Crippen LogP contribution in [0.3, 0.4) is 0 Å². The monoisotopic (exact) mass is 483 g/mol. The second-order valence-electron chi connectivity index (χ2n) is 9.21. The van der Waals surface area contributed by atoms with Crippen molar-refractivity contribution in [2.45, 2.75) is 39.8 Å². The number of nitrogens with zero attached hydrogens (tertiary/aromatic N) is 3. The topological polar surface area (TPSA) is 85.0 Å². The van der Waals surface area contributed by atoms with Gasteiger partial charge in [-0.25, -0.2) is 9.18 Å². The Morgan fingerprint density at radius 1 is 0.971 bits per heavy atom. The summed E-state index contributed by atoms with van der Waals surface area (Å²) in [6.07, 6.45) is 0. The average molecular weight is 484 g/mol. The van der Waals surface area contributed by atoms with Crippen molar-refractivity contribution in [1.29, 1.82) is 0 Å². The van der Waals surface area contributed by atoms with Gasteiger partial charge in [-0.05, 0) is 70.2 Å². The Bertz CT molecular complexity index is 1030. The fourth-order valence-corrected chi connectivity index (χ4v) is 3.90. The van der Waals surface area contributed by atoms with Gasteiger partial charge in [-0.2, -0.15) is 0 Å². The molecule has 1 fully saturated rings. The second kappa shape index (κ2) is 11.7. The number of halogens is 1.